The van der Waals surface area contributed by atoms with Gasteiger partial charge in [-0.25, -0.2) is 24.7 Å². The van der Waals surface area contributed by atoms with Gasteiger partial charge in [-0.3, -0.25) is 0 Å². The number of fused-ring (bicyclic) bond motifs is 1. The summed E-state index contributed by atoms with van der Waals surface area (Å²) in [6.45, 7) is 11.6. The molecule has 1 saturated heterocycles. The Hall–Kier alpha value is -3.43. The molecule has 0 unspecified atom stereocenters. The van der Waals surface area contributed by atoms with E-state index in [1.54, 1.807) is 24.5 Å². The molecule has 0 bridgehead atoms. The van der Waals surface area contributed by atoms with Crippen LogP contribution < -0.4 is 9.64 Å². The molecule has 1 atom stereocenters. The fourth-order valence-corrected chi connectivity index (χ4v) is 4.32. The Kier molecular flexibility index (Phi) is 6.33. The average Bonchev–Trinajstić information content (AvgIpc) is 3.42. The van der Waals surface area contributed by atoms with Gasteiger partial charge in [0, 0.05) is 50.0 Å². The number of amides is 1. The molecule has 0 aliphatic carbocycles. The maximum Gasteiger partial charge on any atom is 0.410 e. The van der Waals surface area contributed by atoms with Crippen LogP contribution in [-0.2, 0) is 11.3 Å². The summed E-state index contributed by atoms with van der Waals surface area (Å²) >= 11 is 0. The van der Waals surface area contributed by atoms with Gasteiger partial charge < -0.3 is 23.8 Å². The van der Waals surface area contributed by atoms with Crippen LogP contribution in [0, 0.1) is 6.92 Å². The summed E-state index contributed by atoms with van der Waals surface area (Å²) in [6.07, 6.45) is 3.89. The van der Waals surface area contributed by atoms with Gasteiger partial charge >= 0.3 is 6.09 Å². The first-order chi connectivity index (χ1) is 16.1. The van der Waals surface area contributed by atoms with E-state index >= 15 is 0 Å². The lowest BCUT2D eigenvalue weighted by Gasteiger charge is -2.27. The molecule has 0 N–H and O–H groups in total. The number of likely N-dealkylation sites (tertiary alicyclic amines) is 1. The van der Waals surface area contributed by atoms with Crippen LogP contribution in [0.15, 0.2) is 18.6 Å². The van der Waals surface area contributed by atoms with Crippen molar-refractivity contribution in [1.29, 1.82) is 0 Å². The molecule has 1 fully saturated rings. The summed E-state index contributed by atoms with van der Waals surface area (Å²) in [6, 6.07) is 2.12. The van der Waals surface area contributed by atoms with Crippen LogP contribution in [-0.4, -0.2) is 74.4 Å². The molecule has 1 aliphatic rings. The first kappa shape index (κ1) is 23.7. The summed E-state index contributed by atoms with van der Waals surface area (Å²) < 4.78 is 12.9. The van der Waals surface area contributed by atoms with Crippen LogP contribution in [0.25, 0.3) is 22.6 Å². The summed E-state index contributed by atoms with van der Waals surface area (Å²) in [7, 11) is 3.61. The van der Waals surface area contributed by atoms with Crippen LogP contribution in [0.1, 0.15) is 39.7 Å². The third kappa shape index (κ3) is 4.49. The molecule has 3 aromatic rings. The number of likely N-dealkylation sites (N-methyl/N-ethyl adjacent to an activating group) is 1. The zero-order valence-electron chi connectivity index (χ0n) is 21.0. The van der Waals surface area contributed by atoms with Crippen molar-refractivity contribution in [2.75, 3.05) is 32.1 Å². The lowest BCUT2D eigenvalue weighted by molar-refractivity contribution is 0.0292. The first-order valence-corrected chi connectivity index (χ1v) is 11.6. The lowest BCUT2D eigenvalue weighted by Crippen LogP contribution is -2.39. The molecule has 0 saturated carbocycles. The topological polar surface area (TPSA) is 98.5 Å². The molecule has 3 aromatic heterocycles. The maximum atomic E-state index is 12.5. The lowest BCUT2D eigenvalue weighted by atomic mass is 10.2. The van der Waals surface area contributed by atoms with E-state index in [1.807, 2.05) is 40.8 Å². The van der Waals surface area contributed by atoms with Gasteiger partial charge in [-0.2, -0.15) is 0 Å². The Morgan fingerprint density at radius 3 is 2.68 bits per heavy atom. The van der Waals surface area contributed by atoms with Gasteiger partial charge in [0.1, 0.15) is 17.8 Å². The monoisotopic (exact) mass is 467 g/mol. The number of carbonyl (C=O) groups is 1. The highest BCUT2D eigenvalue weighted by molar-refractivity contribution is 5.87. The van der Waals surface area contributed by atoms with Gasteiger partial charge in [0.2, 0.25) is 5.88 Å². The van der Waals surface area contributed by atoms with E-state index in [4.69, 9.17) is 14.5 Å². The average molecular weight is 468 g/mol. The normalized spacial score (nSPS) is 16.2. The standard InChI is InChI=1S/C24H33N7O3/c1-8-31-19(16-11-15(2)22(33-7)25-12-16)28-18-20(26-14-27-21(18)31)29(6)17-9-10-30(13-17)23(32)34-24(3,4)5/h11-12,14,17H,8-10,13H2,1-7H3/t17-/m0/s1. The van der Waals surface area contributed by atoms with E-state index in [1.165, 1.54) is 0 Å². The number of anilines is 1. The highest BCUT2D eigenvalue weighted by atomic mass is 16.6. The highest BCUT2D eigenvalue weighted by Crippen LogP contribution is 2.31. The molecule has 10 nitrogen and oxygen atoms in total. The quantitative estimate of drug-likeness (QED) is 0.561. The number of methoxy groups -OCH3 is 1. The predicted molar refractivity (Wildman–Crippen MR) is 130 cm³/mol. The van der Waals surface area contributed by atoms with Crippen molar-refractivity contribution in [3.63, 3.8) is 0 Å². The van der Waals surface area contributed by atoms with E-state index in [2.05, 4.69) is 31.3 Å². The molecular weight excluding hydrogens is 434 g/mol. The van der Waals surface area contributed by atoms with Crippen molar-refractivity contribution in [2.24, 2.45) is 0 Å². The number of aromatic nitrogens is 5. The van der Waals surface area contributed by atoms with Crippen molar-refractivity contribution in [3.05, 3.63) is 24.2 Å². The second kappa shape index (κ2) is 9.08. The van der Waals surface area contributed by atoms with Gasteiger partial charge in [-0.1, -0.05) is 0 Å². The number of imidazole rings is 1. The Balaban J connectivity index is 1.65. The van der Waals surface area contributed by atoms with Gasteiger partial charge in [-0.05, 0) is 47.1 Å². The smallest absolute Gasteiger partial charge is 0.410 e. The van der Waals surface area contributed by atoms with E-state index in [9.17, 15) is 4.79 Å². The first-order valence-electron chi connectivity index (χ1n) is 11.6. The Labute approximate surface area is 199 Å². The van der Waals surface area contributed by atoms with E-state index < -0.39 is 5.60 Å². The predicted octanol–water partition coefficient (Wildman–Crippen LogP) is 3.67. The van der Waals surface area contributed by atoms with Gasteiger partial charge in [0.15, 0.2) is 17.0 Å². The second-order valence-electron chi connectivity index (χ2n) is 9.58. The van der Waals surface area contributed by atoms with Crippen LogP contribution >= 0.6 is 0 Å². The molecule has 4 heterocycles. The van der Waals surface area contributed by atoms with Crippen molar-refractivity contribution in [3.8, 4) is 17.3 Å². The summed E-state index contributed by atoms with van der Waals surface area (Å²) in [4.78, 5) is 34.9. The number of rotatable bonds is 5. The van der Waals surface area contributed by atoms with Crippen molar-refractivity contribution in [2.45, 2.75) is 59.2 Å². The molecule has 4 rings (SSSR count). The zero-order chi connectivity index (χ0) is 24.6. The van der Waals surface area contributed by atoms with Crippen molar-refractivity contribution in [1.82, 2.24) is 29.4 Å². The van der Waals surface area contributed by atoms with Crippen LogP contribution in [0.5, 0.6) is 5.88 Å². The molecule has 1 amide bonds. The number of hydrogen-bond acceptors (Lipinski definition) is 8. The van der Waals surface area contributed by atoms with E-state index in [0.717, 1.165) is 40.4 Å². The summed E-state index contributed by atoms with van der Waals surface area (Å²) in [5.74, 6) is 2.12. The van der Waals surface area contributed by atoms with Crippen molar-refractivity contribution >= 4 is 23.1 Å². The van der Waals surface area contributed by atoms with Gasteiger partial charge in [0.05, 0.1) is 7.11 Å². The van der Waals surface area contributed by atoms with Gasteiger partial charge in [-0.15, -0.1) is 0 Å². The van der Waals surface area contributed by atoms with E-state index in [-0.39, 0.29) is 12.1 Å². The highest BCUT2D eigenvalue weighted by Gasteiger charge is 2.33. The summed E-state index contributed by atoms with van der Waals surface area (Å²) in [5, 5.41) is 0. The fourth-order valence-electron chi connectivity index (χ4n) is 4.32. The molecule has 0 aromatic carbocycles. The molecular formula is C24H33N7O3. The maximum absolute atomic E-state index is 12.5. The Morgan fingerprint density at radius 1 is 1.26 bits per heavy atom. The number of ether oxygens (including phenoxy) is 2. The van der Waals surface area contributed by atoms with E-state index in [0.29, 0.717) is 25.5 Å². The molecule has 0 radical (unpaired) electrons. The minimum atomic E-state index is -0.516. The molecule has 10 heteroatoms. The fraction of sp³-hybridized carbons (Fsp3) is 0.542. The molecule has 182 valence electrons. The third-order valence-corrected chi connectivity index (χ3v) is 6.01. The minimum Gasteiger partial charge on any atom is -0.481 e. The van der Waals surface area contributed by atoms with Gasteiger partial charge in [0.25, 0.3) is 0 Å². The number of aryl methyl sites for hydroxylation is 2. The van der Waals surface area contributed by atoms with Crippen LogP contribution in [0.2, 0.25) is 0 Å². The zero-order valence-corrected chi connectivity index (χ0v) is 21.0. The second-order valence-corrected chi connectivity index (χ2v) is 9.58. The largest absolute Gasteiger partial charge is 0.481 e. The number of hydrogen-bond donors (Lipinski definition) is 0. The molecule has 0 spiro atoms. The number of nitrogens with zero attached hydrogens (tertiary/aromatic N) is 7. The number of pyridine rings is 1. The number of carbonyl (C=O) groups excluding carboxylic acids is 1. The van der Waals surface area contributed by atoms with Crippen molar-refractivity contribution < 1.29 is 14.3 Å². The summed E-state index contributed by atoms with van der Waals surface area (Å²) in [5.41, 5.74) is 2.81. The Morgan fingerprint density at radius 2 is 2.03 bits per heavy atom. The minimum absolute atomic E-state index is 0.103. The van der Waals surface area contributed by atoms with Crippen LogP contribution in [0.4, 0.5) is 10.6 Å². The van der Waals surface area contributed by atoms with Crippen LogP contribution in [0.3, 0.4) is 0 Å². The SMILES string of the molecule is CCn1c(-c2cnc(OC)c(C)c2)nc2c(N(C)[C@H]3CCN(C(=O)OC(C)(C)C)C3)ncnc21. The molecule has 1 aliphatic heterocycles. The Bertz CT molecular complexity index is 1200. The molecule has 34 heavy (non-hydrogen) atoms. The third-order valence-electron chi connectivity index (χ3n) is 6.01.